The molecule has 0 saturated carbocycles. The maximum atomic E-state index is 11.8. The molecule has 128 valence electrons. The van der Waals surface area contributed by atoms with Gasteiger partial charge in [0.05, 0.1) is 11.4 Å². The summed E-state index contributed by atoms with van der Waals surface area (Å²) < 4.78 is 10.3. The number of nitrogens with one attached hydrogen (secondary N) is 2. The molecule has 0 aliphatic rings. The van der Waals surface area contributed by atoms with Crippen molar-refractivity contribution in [1.82, 2.24) is 0 Å². The molecule has 0 heterocycles. The Bertz CT molecular complexity index is 585. The fourth-order valence-electron chi connectivity index (χ4n) is 1.57. The normalized spacial score (nSPS) is 11.6. The van der Waals surface area contributed by atoms with E-state index < -0.39 is 23.4 Å². The molecule has 3 N–H and O–H groups in total. The number of carbonyl (C=O) groups excluding carboxylic acids is 2. The zero-order valence-corrected chi connectivity index (χ0v) is 14.3. The summed E-state index contributed by atoms with van der Waals surface area (Å²) in [7, 11) is 0. The number of hydrogen-bond acceptors (Lipinski definition) is 5. The molecule has 2 amide bonds. The number of benzene rings is 1. The Labute approximate surface area is 136 Å². The van der Waals surface area contributed by atoms with E-state index in [-0.39, 0.29) is 17.1 Å². The number of anilines is 2. The molecule has 23 heavy (non-hydrogen) atoms. The van der Waals surface area contributed by atoms with Crippen molar-refractivity contribution in [2.24, 2.45) is 0 Å². The number of rotatable bonds is 2. The van der Waals surface area contributed by atoms with Crippen LogP contribution in [-0.4, -0.2) is 28.5 Å². The smallest absolute Gasteiger partial charge is 0.412 e. The van der Waals surface area contributed by atoms with Crippen molar-refractivity contribution in [3.8, 4) is 5.75 Å². The van der Waals surface area contributed by atoms with E-state index in [9.17, 15) is 14.7 Å². The average Bonchev–Trinajstić information content (AvgIpc) is 2.27. The number of ether oxygens (including phenoxy) is 2. The van der Waals surface area contributed by atoms with Crippen LogP contribution in [0.5, 0.6) is 5.75 Å². The summed E-state index contributed by atoms with van der Waals surface area (Å²) in [5, 5.41) is 14.6. The Morgan fingerprint density at radius 1 is 0.870 bits per heavy atom. The first kappa shape index (κ1) is 18.6. The molecule has 0 spiro atoms. The quantitative estimate of drug-likeness (QED) is 0.712. The van der Waals surface area contributed by atoms with Crippen LogP contribution in [0.4, 0.5) is 21.0 Å². The van der Waals surface area contributed by atoms with Gasteiger partial charge < -0.3 is 14.6 Å². The van der Waals surface area contributed by atoms with Crippen LogP contribution in [0.25, 0.3) is 0 Å². The van der Waals surface area contributed by atoms with E-state index in [1.807, 2.05) is 0 Å². The van der Waals surface area contributed by atoms with Gasteiger partial charge in [-0.25, -0.2) is 9.59 Å². The van der Waals surface area contributed by atoms with Crippen molar-refractivity contribution in [2.45, 2.75) is 52.7 Å². The molecule has 0 unspecified atom stereocenters. The lowest BCUT2D eigenvalue weighted by molar-refractivity contribution is 0.0620. The minimum absolute atomic E-state index is 0.0641. The Morgan fingerprint density at radius 3 is 1.74 bits per heavy atom. The Balaban J connectivity index is 2.89. The van der Waals surface area contributed by atoms with E-state index in [4.69, 9.17) is 9.47 Å². The Kier molecular flexibility index (Phi) is 5.47. The fraction of sp³-hybridized carbons (Fsp3) is 0.500. The first-order chi connectivity index (χ1) is 10.4. The second kappa shape index (κ2) is 6.76. The van der Waals surface area contributed by atoms with E-state index in [0.29, 0.717) is 0 Å². The van der Waals surface area contributed by atoms with Crippen LogP contribution in [-0.2, 0) is 9.47 Å². The van der Waals surface area contributed by atoms with Gasteiger partial charge in [0, 0.05) is 6.07 Å². The molecule has 1 rings (SSSR count). The summed E-state index contributed by atoms with van der Waals surface area (Å²) in [6.07, 6.45) is -1.37. The van der Waals surface area contributed by atoms with Crippen LogP contribution < -0.4 is 10.6 Å². The lowest BCUT2D eigenvalue weighted by atomic mass is 10.2. The second-order valence-electron chi connectivity index (χ2n) is 6.98. The summed E-state index contributed by atoms with van der Waals surface area (Å²) >= 11 is 0. The molecule has 7 nitrogen and oxygen atoms in total. The Morgan fingerprint density at radius 2 is 1.30 bits per heavy atom. The monoisotopic (exact) mass is 324 g/mol. The molecule has 0 aromatic heterocycles. The second-order valence-corrected chi connectivity index (χ2v) is 6.98. The minimum atomic E-state index is -0.699. The summed E-state index contributed by atoms with van der Waals surface area (Å²) in [5.74, 6) is -0.0641. The van der Waals surface area contributed by atoms with Gasteiger partial charge in [-0.2, -0.15) is 0 Å². The molecule has 1 aromatic carbocycles. The van der Waals surface area contributed by atoms with Gasteiger partial charge in [-0.05, 0) is 53.7 Å². The standard InChI is InChI=1S/C16H24N2O5/c1-15(2,3)22-13(20)17-11-8-7-10(19)9-12(11)18-14(21)23-16(4,5)6/h7-9,19H,1-6H3,(H,17,20)(H,18,21). The van der Waals surface area contributed by atoms with Crippen LogP contribution in [0.3, 0.4) is 0 Å². The van der Waals surface area contributed by atoms with Gasteiger partial charge in [0.1, 0.15) is 17.0 Å². The third-order valence-electron chi connectivity index (χ3n) is 2.27. The van der Waals surface area contributed by atoms with Crippen molar-refractivity contribution < 1.29 is 24.2 Å². The highest BCUT2D eigenvalue weighted by molar-refractivity contribution is 5.95. The lowest BCUT2D eigenvalue weighted by Crippen LogP contribution is -2.29. The van der Waals surface area contributed by atoms with Crippen LogP contribution >= 0.6 is 0 Å². The minimum Gasteiger partial charge on any atom is -0.508 e. The number of phenols is 1. The number of carbonyl (C=O) groups is 2. The molecule has 0 aliphatic heterocycles. The van der Waals surface area contributed by atoms with E-state index in [1.54, 1.807) is 41.5 Å². The van der Waals surface area contributed by atoms with Gasteiger partial charge >= 0.3 is 12.2 Å². The molecule has 0 aliphatic carbocycles. The van der Waals surface area contributed by atoms with E-state index in [0.717, 1.165) is 0 Å². The van der Waals surface area contributed by atoms with Crippen LogP contribution in [0, 0.1) is 0 Å². The topological polar surface area (TPSA) is 96.9 Å². The molecule has 7 heteroatoms. The summed E-state index contributed by atoms with van der Waals surface area (Å²) in [6.45, 7) is 10.4. The summed E-state index contributed by atoms with van der Waals surface area (Å²) in [5.41, 5.74) is -0.840. The summed E-state index contributed by atoms with van der Waals surface area (Å²) in [4.78, 5) is 23.7. The highest BCUT2D eigenvalue weighted by atomic mass is 16.6. The maximum Gasteiger partial charge on any atom is 0.412 e. The maximum absolute atomic E-state index is 11.8. The number of amides is 2. The molecule has 0 fully saturated rings. The molecule has 1 aromatic rings. The van der Waals surface area contributed by atoms with Crippen molar-refractivity contribution in [2.75, 3.05) is 10.6 Å². The molecular formula is C16H24N2O5. The van der Waals surface area contributed by atoms with Crippen LogP contribution in [0.1, 0.15) is 41.5 Å². The molecular weight excluding hydrogens is 300 g/mol. The van der Waals surface area contributed by atoms with E-state index in [1.165, 1.54) is 18.2 Å². The molecule has 0 saturated heterocycles. The first-order valence-electron chi connectivity index (χ1n) is 7.19. The van der Waals surface area contributed by atoms with Crippen LogP contribution in [0.15, 0.2) is 18.2 Å². The zero-order valence-electron chi connectivity index (χ0n) is 14.3. The van der Waals surface area contributed by atoms with E-state index in [2.05, 4.69) is 10.6 Å². The fourth-order valence-corrected chi connectivity index (χ4v) is 1.57. The third-order valence-corrected chi connectivity index (χ3v) is 2.27. The highest BCUT2D eigenvalue weighted by Crippen LogP contribution is 2.27. The van der Waals surface area contributed by atoms with Crippen molar-refractivity contribution >= 4 is 23.6 Å². The number of aromatic hydroxyl groups is 1. The van der Waals surface area contributed by atoms with Gasteiger partial charge in [0.15, 0.2) is 0 Å². The largest absolute Gasteiger partial charge is 0.508 e. The van der Waals surface area contributed by atoms with Crippen LogP contribution in [0.2, 0.25) is 0 Å². The summed E-state index contributed by atoms with van der Waals surface area (Å²) in [6, 6.07) is 4.13. The number of phenolic OH excluding ortho intramolecular Hbond substituents is 1. The van der Waals surface area contributed by atoms with Crippen molar-refractivity contribution in [1.29, 1.82) is 0 Å². The van der Waals surface area contributed by atoms with E-state index >= 15 is 0 Å². The molecule has 0 bridgehead atoms. The highest BCUT2D eigenvalue weighted by Gasteiger charge is 2.20. The SMILES string of the molecule is CC(C)(C)OC(=O)Nc1ccc(O)cc1NC(=O)OC(C)(C)C. The molecule has 0 radical (unpaired) electrons. The average molecular weight is 324 g/mol. The lowest BCUT2D eigenvalue weighted by Gasteiger charge is -2.22. The van der Waals surface area contributed by atoms with Crippen molar-refractivity contribution in [3.05, 3.63) is 18.2 Å². The van der Waals surface area contributed by atoms with Crippen molar-refractivity contribution in [3.63, 3.8) is 0 Å². The molecule has 0 atom stereocenters. The van der Waals surface area contributed by atoms with Gasteiger partial charge in [-0.3, -0.25) is 10.6 Å². The zero-order chi connectivity index (χ0) is 17.8. The third kappa shape index (κ3) is 7.39. The predicted molar refractivity (Wildman–Crippen MR) is 87.8 cm³/mol. The van der Waals surface area contributed by atoms with Gasteiger partial charge in [0.25, 0.3) is 0 Å². The van der Waals surface area contributed by atoms with Gasteiger partial charge in [-0.1, -0.05) is 0 Å². The predicted octanol–water partition coefficient (Wildman–Crippen LogP) is 4.09. The first-order valence-corrected chi connectivity index (χ1v) is 7.19. The Hall–Kier alpha value is -2.44. The number of hydrogen-bond donors (Lipinski definition) is 3. The van der Waals surface area contributed by atoms with Gasteiger partial charge in [0.2, 0.25) is 0 Å². The van der Waals surface area contributed by atoms with Gasteiger partial charge in [-0.15, -0.1) is 0 Å².